The monoisotopic (exact) mass is 319 g/mol. The predicted molar refractivity (Wildman–Crippen MR) is 93.5 cm³/mol. The van der Waals surface area contributed by atoms with Crippen molar-refractivity contribution in [2.45, 2.75) is 92.4 Å². The van der Waals surface area contributed by atoms with Gasteiger partial charge in [0.1, 0.15) is 0 Å². The average molecular weight is 320 g/mol. The maximum atomic E-state index is 3.88. The smallest absolute Gasteiger partial charge is 0.343 e. The Labute approximate surface area is 179 Å². The summed E-state index contributed by atoms with van der Waals surface area (Å²) < 4.78 is 0. The molecule has 0 atom stereocenters. The minimum Gasteiger partial charge on any atom is -0.343 e. The molecule has 0 aromatic rings. The van der Waals surface area contributed by atoms with E-state index in [2.05, 4.69) is 48.5 Å². The summed E-state index contributed by atoms with van der Waals surface area (Å²) in [5.74, 6) is 2.64. The van der Waals surface area contributed by atoms with Crippen molar-refractivity contribution >= 4 is 0 Å². The van der Waals surface area contributed by atoms with Crippen molar-refractivity contribution in [2.75, 3.05) is 0 Å². The van der Waals surface area contributed by atoms with Gasteiger partial charge in [-0.2, -0.15) is 12.8 Å². The van der Waals surface area contributed by atoms with Gasteiger partial charge in [-0.3, -0.25) is 0 Å². The maximum absolute atomic E-state index is 3.88. The molecule has 1 aliphatic rings. The molecule has 0 N–H and O–H groups in total. The Hall–Kier alpha value is 1.64. The van der Waals surface area contributed by atoms with Crippen LogP contribution in [0.5, 0.6) is 0 Å². The predicted octanol–water partition coefficient (Wildman–Crippen LogP) is 4.10. The first kappa shape index (κ1) is 24.9. The van der Waals surface area contributed by atoms with Crippen molar-refractivity contribution in [3.63, 3.8) is 0 Å². The number of hydrogen-bond donors (Lipinski definition) is 0. The zero-order valence-corrected chi connectivity index (χ0v) is 19.1. The molecule has 0 heterocycles. The summed E-state index contributed by atoms with van der Waals surface area (Å²) in [6.07, 6.45) is 12.5. The quantitative estimate of drug-likeness (QED) is 0.542. The van der Waals surface area contributed by atoms with Gasteiger partial charge in [-0.05, 0) is 17.3 Å². The van der Waals surface area contributed by atoms with Crippen LogP contribution in [0.15, 0.2) is 0 Å². The van der Waals surface area contributed by atoms with Crippen LogP contribution in [0.1, 0.15) is 92.4 Å². The van der Waals surface area contributed by atoms with Crippen LogP contribution in [0, 0.1) is 37.0 Å². The van der Waals surface area contributed by atoms with E-state index in [1.165, 1.54) is 44.9 Å². The van der Waals surface area contributed by atoms with Crippen molar-refractivity contribution in [3.05, 3.63) is 13.8 Å². The van der Waals surface area contributed by atoms with Gasteiger partial charge in [0.2, 0.25) is 0 Å². The van der Waals surface area contributed by atoms with Gasteiger partial charge in [0.25, 0.3) is 0 Å². The molecular formula is C20H40K-. The van der Waals surface area contributed by atoms with Crippen LogP contribution in [0.25, 0.3) is 0 Å². The van der Waals surface area contributed by atoms with Crippen molar-refractivity contribution in [2.24, 2.45) is 23.2 Å². The zero-order valence-electron chi connectivity index (χ0n) is 16.0. The molecule has 1 aliphatic carbocycles. The fourth-order valence-corrected chi connectivity index (χ4v) is 3.16. The van der Waals surface area contributed by atoms with E-state index in [1.807, 2.05) is 0 Å². The second-order valence-electron chi connectivity index (χ2n) is 7.99. The van der Waals surface area contributed by atoms with Gasteiger partial charge in [0.05, 0.1) is 0 Å². The molecule has 0 aromatic heterocycles. The molecule has 0 aromatic carbocycles. The van der Waals surface area contributed by atoms with E-state index in [-0.39, 0.29) is 51.4 Å². The summed E-state index contributed by atoms with van der Waals surface area (Å²) in [7, 11) is 0. The van der Waals surface area contributed by atoms with Gasteiger partial charge in [0.15, 0.2) is 0 Å². The Morgan fingerprint density at radius 2 is 1.24 bits per heavy atom. The average Bonchev–Trinajstić information content (AvgIpc) is 2.28. The first-order valence-electron chi connectivity index (χ1n) is 8.91. The van der Waals surface area contributed by atoms with E-state index < -0.39 is 0 Å². The van der Waals surface area contributed by atoms with Crippen LogP contribution in [-0.2, 0) is 0 Å². The van der Waals surface area contributed by atoms with E-state index in [0.717, 1.165) is 24.7 Å². The van der Waals surface area contributed by atoms with E-state index in [9.17, 15) is 0 Å². The summed E-state index contributed by atoms with van der Waals surface area (Å²) in [5, 5.41) is 0. The molecule has 0 unspecified atom stereocenters. The van der Waals surface area contributed by atoms with E-state index in [0.29, 0.717) is 11.3 Å². The Bertz CT molecular complexity index is 202. The zero-order chi connectivity index (χ0) is 15.6. The Kier molecular flexibility index (Phi) is 16.6. The van der Waals surface area contributed by atoms with Gasteiger partial charge in [-0.1, -0.05) is 85.5 Å². The van der Waals surface area contributed by atoms with Gasteiger partial charge in [-0.25, -0.2) is 0 Å². The standard InChI is InChI=1S/C11H22.C9H18.K/c1-10(2)11-8-6-4-3-5-7-9-11;1-6-8(7-2)9(3,4)5;/h10-11H,3-9H2,1-2H3;8H,1-2,6-7H2,3-5H3;/q;-2;+1. The molecule has 0 amide bonds. The summed E-state index contributed by atoms with van der Waals surface area (Å²) in [6.45, 7) is 19.3. The Morgan fingerprint density at radius 3 is 1.48 bits per heavy atom. The van der Waals surface area contributed by atoms with Gasteiger partial charge in [-0.15, -0.1) is 0 Å². The summed E-state index contributed by atoms with van der Waals surface area (Å²) in [4.78, 5) is 0. The number of hydrogen-bond acceptors (Lipinski definition) is 0. The van der Waals surface area contributed by atoms with Crippen LogP contribution in [0.4, 0.5) is 0 Å². The van der Waals surface area contributed by atoms with Crippen molar-refractivity contribution in [1.82, 2.24) is 0 Å². The SMILES string of the molecule is CC(C)C1CCCCCCC1.[CH2-]CC(C[CH2-])C(C)(C)C.[K+]. The van der Waals surface area contributed by atoms with Crippen molar-refractivity contribution in [1.29, 1.82) is 0 Å². The van der Waals surface area contributed by atoms with Crippen LogP contribution < -0.4 is 51.4 Å². The third kappa shape index (κ3) is 12.7. The Morgan fingerprint density at radius 1 is 0.857 bits per heavy atom. The van der Waals surface area contributed by atoms with Gasteiger partial charge < -0.3 is 13.8 Å². The molecule has 0 bridgehead atoms. The number of rotatable bonds is 3. The largest absolute Gasteiger partial charge is 1.00 e. The molecule has 0 spiro atoms. The normalized spacial score (nSPS) is 17.6. The van der Waals surface area contributed by atoms with Crippen LogP contribution in [0.2, 0.25) is 0 Å². The first-order valence-corrected chi connectivity index (χ1v) is 8.91. The molecule has 21 heavy (non-hydrogen) atoms. The van der Waals surface area contributed by atoms with Gasteiger partial charge >= 0.3 is 51.4 Å². The van der Waals surface area contributed by atoms with Gasteiger partial charge in [0, 0.05) is 0 Å². The minimum absolute atomic E-state index is 0. The summed E-state index contributed by atoms with van der Waals surface area (Å²) in [6, 6.07) is 0. The molecule has 1 rings (SSSR count). The first-order chi connectivity index (χ1) is 9.32. The molecule has 1 heteroatoms. The maximum Gasteiger partial charge on any atom is 1.00 e. The fraction of sp³-hybridized carbons (Fsp3) is 0.900. The molecule has 0 nitrogen and oxygen atoms in total. The second-order valence-corrected chi connectivity index (χ2v) is 7.99. The summed E-state index contributed by atoms with van der Waals surface area (Å²) >= 11 is 0. The van der Waals surface area contributed by atoms with Crippen LogP contribution in [0.3, 0.4) is 0 Å². The van der Waals surface area contributed by atoms with Crippen molar-refractivity contribution < 1.29 is 51.4 Å². The summed E-state index contributed by atoms with van der Waals surface area (Å²) in [5.41, 5.74) is 0.392. The van der Waals surface area contributed by atoms with E-state index in [1.54, 1.807) is 0 Å². The van der Waals surface area contributed by atoms with E-state index >= 15 is 0 Å². The van der Waals surface area contributed by atoms with Crippen molar-refractivity contribution in [3.8, 4) is 0 Å². The molecule has 0 saturated heterocycles. The Balaban J connectivity index is 0. The van der Waals surface area contributed by atoms with E-state index in [4.69, 9.17) is 0 Å². The molecular weight excluding hydrogens is 279 g/mol. The molecule has 0 aliphatic heterocycles. The topological polar surface area (TPSA) is 0 Å². The van der Waals surface area contributed by atoms with Crippen LogP contribution in [-0.4, -0.2) is 0 Å². The van der Waals surface area contributed by atoms with Crippen LogP contribution >= 0.6 is 0 Å². The minimum atomic E-state index is 0. The fourth-order valence-electron chi connectivity index (χ4n) is 3.16. The third-order valence-corrected chi connectivity index (χ3v) is 5.01. The molecule has 1 fully saturated rings. The second kappa shape index (κ2) is 14.0. The molecule has 1 saturated carbocycles. The molecule has 0 radical (unpaired) electrons. The third-order valence-electron chi connectivity index (χ3n) is 5.01. The molecule has 122 valence electrons.